The smallest absolute Gasteiger partial charge is 0.124 e. The van der Waals surface area contributed by atoms with Crippen LogP contribution in [0.1, 0.15) is 26.3 Å². The number of nitrogens with one attached hydrogen (secondary N) is 1. The lowest BCUT2D eigenvalue weighted by molar-refractivity contribution is -0.0268. The quantitative estimate of drug-likeness (QED) is 0.688. The molecule has 0 saturated carbocycles. The molecular weight excluding hydrogens is 290 g/mol. The summed E-state index contributed by atoms with van der Waals surface area (Å²) >= 11 is 6.04. The Kier molecular flexibility index (Phi) is 7.46. The topological polar surface area (TPSA) is 50.7 Å². The summed E-state index contributed by atoms with van der Waals surface area (Å²) < 4.78 is 10.8. The minimum atomic E-state index is -0.861. The molecule has 2 N–H and O–H groups in total. The fourth-order valence-electron chi connectivity index (χ4n) is 1.61. The summed E-state index contributed by atoms with van der Waals surface area (Å²) in [5, 5.41) is 14.2. The van der Waals surface area contributed by atoms with E-state index in [0.29, 0.717) is 18.2 Å². The van der Waals surface area contributed by atoms with Crippen LogP contribution < -0.4 is 10.1 Å². The maximum absolute atomic E-state index is 10.3. The number of rotatable bonds is 9. The van der Waals surface area contributed by atoms with Crippen molar-refractivity contribution in [1.82, 2.24) is 5.32 Å². The molecule has 5 heteroatoms. The van der Waals surface area contributed by atoms with Crippen molar-refractivity contribution in [3.63, 3.8) is 0 Å². The Bertz CT molecular complexity index is 436. The van der Waals surface area contributed by atoms with Crippen LogP contribution >= 0.6 is 11.6 Å². The molecule has 0 fully saturated rings. The van der Waals surface area contributed by atoms with Gasteiger partial charge in [0, 0.05) is 30.8 Å². The van der Waals surface area contributed by atoms with Gasteiger partial charge in [-0.1, -0.05) is 25.4 Å². The summed E-state index contributed by atoms with van der Waals surface area (Å²) in [6, 6.07) is 5.51. The molecule has 21 heavy (non-hydrogen) atoms. The van der Waals surface area contributed by atoms with Gasteiger partial charge in [0.05, 0.1) is 12.2 Å². The number of hydrogen-bond donors (Lipinski definition) is 2. The fourth-order valence-corrected chi connectivity index (χ4v) is 1.81. The van der Waals surface area contributed by atoms with Crippen LogP contribution in [0.15, 0.2) is 18.2 Å². The molecule has 120 valence electrons. The SMILES string of the molecule is COCCNCc1cc(Cl)ccc1OCC(C)(O)C(C)C. The van der Waals surface area contributed by atoms with E-state index in [9.17, 15) is 5.11 Å². The van der Waals surface area contributed by atoms with Crippen molar-refractivity contribution in [2.24, 2.45) is 5.92 Å². The van der Waals surface area contributed by atoms with Gasteiger partial charge < -0.3 is 19.9 Å². The molecule has 1 aromatic rings. The van der Waals surface area contributed by atoms with Gasteiger partial charge in [-0.2, -0.15) is 0 Å². The average molecular weight is 316 g/mol. The summed E-state index contributed by atoms with van der Waals surface area (Å²) in [6.45, 7) is 8.02. The second-order valence-corrected chi connectivity index (χ2v) is 6.16. The molecule has 0 saturated heterocycles. The lowest BCUT2D eigenvalue weighted by Gasteiger charge is -2.28. The predicted molar refractivity (Wildman–Crippen MR) is 86.0 cm³/mol. The van der Waals surface area contributed by atoms with E-state index in [1.165, 1.54) is 0 Å². The van der Waals surface area contributed by atoms with Crippen LogP contribution in [0.3, 0.4) is 0 Å². The number of halogens is 1. The molecule has 0 radical (unpaired) electrons. The van der Waals surface area contributed by atoms with Gasteiger partial charge >= 0.3 is 0 Å². The first-order chi connectivity index (χ1) is 9.86. The minimum absolute atomic E-state index is 0.119. The molecule has 1 aromatic carbocycles. The highest BCUT2D eigenvalue weighted by atomic mass is 35.5. The first kappa shape index (κ1) is 18.2. The van der Waals surface area contributed by atoms with Crippen molar-refractivity contribution in [3.05, 3.63) is 28.8 Å². The van der Waals surface area contributed by atoms with E-state index >= 15 is 0 Å². The molecule has 0 spiro atoms. The van der Waals surface area contributed by atoms with E-state index < -0.39 is 5.60 Å². The highest BCUT2D eigenvalue weighted by molar-refractivity contribution is 6.30. The van der Waals surface area contributed by atoms with Crippen LogP contribution in [0.4, 0.5) is 0 Å². The maximum atomic E-state index is 10.3. The van der Waals surface area contributed by atoms with Gasteiger partial charge in [0.25, 0.3) is 0 Å². The number of benzene rings is 1. The van der Waals surface area contributed by atoms with Crippen molar-refractivity contribution in [1.29, 1.82) is 0 Å². The van der Waals surface area contributed by atoms with Crippen LogP contribution in [-0.2, 0) is 11.3 Å². The zero-order valence-electron chi connectivity index (χ0n) is 13.3. The van der Waals surface area contributed by atoms with Crippen LogP contribution in [0, 0.1) is 5.92 Å². The van der Waals surface area contributed by atoms with Gasteiger partial charge in [0.1, 0.15) is 12.4 Å². The highest BCUT2D eigenvalue weighted by Gasteiger charge is 2.26. The number of ether oxygens (including phenoxy) is 2. The zero-order valence-corrected chi connectivity index (χ0v) is 14.0. The molecule has 0 bridgehead atoms. The normalized spacial score (nSPS) is 14.2. The molecular formula is C16H26ClNO3. The molecule has 1 atom stereocenters. The van der Waals surface area contributed by atoms with Crippen LogP contribution in [0.2, 0.25) is 5.02 Å². The van der Waals surface area contributed by atoms with E-state index in [2.05, 4.69) is 5.32 Å². The lowest BCUT2D eigenvalue weighted by Crippen LogP contribution is -2.38. The monoisotopic (exact) mass is 315 g/mol. The summed E-state index contributed by atoms with van der Waals surface area (Å²) in [6.07, 6.45) is 0. The summed E-state index contributed by atoms with van der Waals surface area (Å²) in [7, 11) is 1.67. The Morgan fingerprint density at radius 1 is 1.38 bits per heavy atom. The predicted octanol–water partition coefficient (Wildman–Crippen LogP) is 2.86. The largest absolute Gasteiger partial charge is 0.490 e. The summed E-state index contributed by atoms with van der Waals surface area (Å²) in [4.78, 5) is 0. The summed E-state index contributed by atoms with van der Waals surface area (Å²) in [5.41, 5.74) is 0.110. The second-order valence-electron chi connectivity index (χ2n) is 5.72. The first-order valence-electron chi connectivity index (χ1n) is 7.20. The highest BCUT2D eigenvalue weighted by Crippen LogP contribution is 2.25. The molecule has 1 rings (SSSR count). The Labute approximate surface area is 132 Å². The molecule has 0 aliphatic carbocycles. The van der Waals surface area contributed by atoms with Gasteiger partial charge in [-0.05, 0) is 31.0 Å². The third-order valence-electron chi connectivity index (χ3n) is 3.58. The number of hydrogen-bond acceptors (Lipinski definition) is 4. The van der Waals surface area contributed by atoms with Crippen molar-refractivity contribution in [2.45, 2.75) is 32.9 Å². The van der Waals surface area contributed by atoms with Gasteiger partial charge in [0.15, 0.2) is 0 Å². The van der Waals surface area contributed by atoms with Gasteiger partial charge in [-0.15, -0.1) is 0 Å². The molecule has 0 amide bonds. The Balaban J connectivity index is 2.68. The second kappa shape index (κ2) is 8.59. The first-order valence-corrected chi connectivity index (χ1v) is 7.58. The Morgan fingerprint density at radius 2 is 2.10 bits per heavy atom. The van der Waals surface area contributed by atoms with E-state index in [1.54, 1.807) is 20.1 Å². The van der Waals surface area contributed by atoms with Gasteiger partial charge in [-0.25, -0.2) is 0 Å². The number of aliphatic hydroxyl groups is 1. The van der Waals surface area contributed by atoms with Crippen molar-refractivity contribution in [2.75, 3.05) is 26.9 Å². The Hall–Kier alpha value is -0.810. The molecule has 0 aliphatic rings. The molecule has 4 nitrogen and oxygen atoms in total. The maximum Gasteiger partial charge on any atom is 0.124 e. The Morgan fingerprint density at radius 3 is 2.71 bits per heavy atom. The van der Waals surface area contributed by atoms with Gasteiger partial charge in [-0.3, -0.25) is 0 Å². The van der Waals surface area contributed by atoms with Crippen LogP contribution in [-0.4, -0.2) is 37.6 Å². The fraction of sp³-hybridized carbons (Fsp3) is 0.625. The average Bonchev–Trinajstić information content (AvgIpc) is 2.42. The summed E-state index contributed by atoms with van der Waals surface area (Å²) in [5.74, 6) is 0.860. The lowest BCUT2D eigenvalue weighted by atomic mass is 9.94. The third kappa shape index (κ3) is 6.22. The standard InChI is InChI=1S/C16H26ClNO3/c1-12(2)16(3,19)11-21-15-6-5-14(17)9-13(15)10-18-7-8-20-4/h5-6,9,12,18-19H,7-8,10-11H2,1-4H3. The van der Waals surface area contributed by atoms with Crippen molar-refractivity contribution in [3.8, 4) is 5.75 Å². The third-order valence-corrected chi connectivity index (χ3v) is 3.82. The minimum Gasteiger partial charge on any atom is -0.490 e. The number of methoxy groups -OCH3 is 1. The van der Waals surface area contributed by atoms with Gasteiger partial charge in [0.2, 0.25) is 0 Å². The molecule has 0 aromatic heterocycles. The zero-order chi connectivity index (χ0) is 15.9. The van der Waals surface area contributed by atoms with Crippen molar-refractivity contribution >= 4 is 11.6 Å². The van der Waals surface area contributed by atoms with Crippen molar-refractivity contribution < 1.29 is 14.6 Å². The van der Waals surface area contributed by atoms with E-state index in [4.69, 9.17) is 21.1 Å². The van der Waals surface area contributed by atoms with E-state index in [1.807, 2.05) is 26.0 Å². The van der Waals surface area contributed by atoms with E-state index in [0.717, 1.165) is 17.9 Å². The molecule has 0 heterocycles. The van der Waals surface area contributed by atoms with E-state index in [-0.39, 0.29) is 12.5 Å². The van der Waals surface area contributed by atoms with Crippen LogP contribution in [0.5, 0.6) is 5.75 Å². The van der Waals surface area contributed by atoms with Crippen LogP contribution in [0.25, 0.3) is 0 Å². The molecule has 1 unspecified atom stereocenters. The molecule has 0 aliphatic heterocycles.